The molecule has 9 heteroatoms. The second-order valence-corrected chi connectivity index (χ2v) is 8.08. The van der Waals surface area contributed by atoms with Gasteiger partial charge in [-0.25, -0.2) is 14.6 Å². The van der Waals surface area contributed by atoms with Crippen molar-refractivity contribution < 1.29 is 5.11 Å². The summed E-state index contributed by atoms with van der Waals surface area (Å²) < 4.78 is 3.47. The first-order chi connectivity index (χ1) is 16.4. The monoisotopic (exact) mass is 450 g/mol. The van der Waals surface area contributed by atoms with E-state index < -0.39 is 6.10 Å². The van der Waals surface area contributed by atoms with Crippen molar-refractivity contribution in [1.82, 2.24) is 29.3 Å². The Morgan fingerprint density at radius 1 is 1.03 bits per heavy atom. The van der Waals surface area contributed by atoms with Crippen LogP contribution >= 0.6 is 0 Å². The molecule has 5 aromatic rings. The maximum absolute atomic E-state index is 10.3. The largest absolute Gasteiger partial charge is 0.389 e. The van der Waals surface area contributed by atoms with E-state index in [4.69, 9.17) is 4.98 Å². The lowest BCUT2D eigenvalue weighted by atomic mass is 10.1. The molecule has 0 radical (unpaired) electrons. The van der Waals surface area contributed by atoms with Crippen LogP contribution in [0.25, 0.3) is 22.7 Å². The highest BCUT2D eigenvalue weighted by Crippen LogP contribution is 2.26. The normalized spacial score (nSPS) is 12.0. The summed E-state index contributed by atoms with van der Waals surface area (Å²) in [6, 6.07) is 17.2. The number of nitrogens with one attached hydrogen (secondary N) is 1. The predicted molar refractivity (Wildman–Crippen MR) is 128 cm³/mol. The number of pyridine rings is 2. The van der Waals surface area contributed by atoms with Crippen LogP contribution < -0.4 is 5.32 Å². The third-order valence-corrected chi connectivity index (χ3v) is 5.54. The summed E-state index contributed by atoms with van der Waals surface area (Å²) in [5, 5.41) is 27.2. The van der Waals surface area contributed by atoms with Gasteiger partial charge in [-0.15, -0.1) is 0 Å². The van der Waals surface area contributed by atoms with Crippen LogP contribution in [0.1, 0.15) is 35.7 Å². The topological polar surface area (TPSA) is 117 Å². The molecule has 1 aromatic carbocycles. The fourth-order valence-corrected chi connectivity index (χ4v) is 3.80. The zero-order valence-electron chi connectivity index (χ0n) is 18.9. The average Bonchev–Trinajstić information content (AvgIpc) is 3.43. The summed E-state index contributed by atoms with van der Waals surface area (Å²) in [4.78, 5) is 13.7. The Labute approximate surface area is 196 Å². The van der Waals surface area contributed by atoms with E-state index in [1.54, 1.807) is 30.2 Å². The number of aliphatic hydroxyl groups excluding tert-OH is 1. The minimum Gasteiger partial charge on any atom is -0.389 e. The second kappa shape index (κ2) is 8.42. The van der Waals surface area contributed by atoms with Gasteiger partial charge in [0.15, 0.2) is 11.5 Å². The van der Waals surface area contributed by atoms with Gasteiger partial charge in [0.25, 0.3) is 0 Å². The van der Waals surface area contributed by atoms with Gasteiger partial charge in [-0.1, -0.05) is 0 Å². The quantitative estimate of drug-likeness (QED) is 0.410. The molecule has 0 spiro atoms. The first-order valence-electron chi connectivity index (χ1n) is 10.8. The van der Waals surface area contributed by atoms with Crippen LogP contribution in [-0.2, 0) is 0 Å². The number of hydrogen-bond donors (Lipinski definition) is 2. The number of anilines is 2. The Hall–Kier alpha value is -4.55. The SMILES string of the molecule is Cc1ccc(Nc2ccc3c(c2)ncn3-c2ccc(C(C)O)c(-n3nc(C#N)cc3C)n2)cn1. The molecule has 0 bridgehead atoms. The lowest BCUT2D eigenvalue weighted by Gasteiger charge is -2.14. The number of nitrogens with zero attached hydrogens (tertiary/aromatic N) is 7. The van der Waals surface area contributed by atoms with Crippen molar-refractivity contribution in [2.24, 2.45) is 0 Å². The van der Waals surface area contributed by atoms with Crippen molar-refractivity contribution in [1.29, 1.82) is 5.26 Å². The number of nitriles is 1. The van der Waals surface area contributed by atoms with E-state index in [1.807, 2.05) is 60.9 Å². The molecular formula is C25H22N8O. The van der Waals surface area contributed by atoms with E-state index in [-0.39, 0.29) is 5.69 Å². The van der Waals surface area contributed by atoms with Gasteiger partial charge in [0.1, 0.15) is 18.2 Å². The molecule has 9 nitrogen and oxygen atoms in total. The molecule has 2 N–H and O–H groups in total. The zero-order chi connectivity index (χ0) is 23.8. The third kappa shape index (κ3) is 3.87. The summed E-state index contributed by atoms with van der Waals surface area (Å²) in [5.41, 5.74) is 6.09. The van der Waals surface area contributed by atoms with E-state index in [9.17, 15) is 10.4 Å². The van der Waals surface area contributed by atoms with Crippen molar-refractivity contribution in [2.75, 3.05) is 5.32 Å². The fourth-order valence-electron chi connectivity index (χ4n) is 3.80. The van der Waals surface area contributed by atoms with Gasteiger partial charge in [-0.3, -0.25) is 9.55 Å². The minimum atomic E-state index is -0.755. The van der Waals surface area contributed by atoms with Crippen molar-refractivity contribution in [3.63, 3.8) is 0 Å². The van der Waals surface area contributed by atoms with Crippen LogP contribution in [0.5, 0.6) is 0 Å². The summed E-state index contributed by atoms with van der Waals surface area (Å²) in [6.07, 6.45) is 2.75. The van der Waals surface area contributed by atoms with Gasteiger partial charge >= 0.3 is 0 Å². The molecule has 5 rings (SSSR count). The number of aliphatic hydroxyl groups is 1. The standard InChI is InChI=1S/C25H22N8O/c1-15-4-5-19(13-27-15)29-18-6-8-23-22(11-18)28-14-32(23)24-9-7-21(17(3)34)25(30-24)33-16(2)10-20(12-26)31-33/h4-11,13-14,17,29,34H,1-3H3. The molecule has 1 atom stereocenters. The third-order valence-electron chi connectivity index (χ3n) is 5.54. The average molecular weight is 451 g/mol. The van der Waals surface area contributed by atoms with Gasteiger partial charge in [0.2, 0.25) is 0 Å². The van der Waals surface area contributed by atoms with Crippen molar-refractivity contribution in [3.05, 3.63) is 83.7 Å². The van der Waals surface area contributed by atoms with E-state index in [1.165, 1.54) is 0 Å². The summed E-state index contributed by atoms with van der Waals surface area (Å²) in [7, 11) is 0. The summed E-state index contributed by atoms with van der Waals surface area (Å²) in [6.45, 7) is 5.47. The number of imidazole rings is 1. The van der Waals surface area contributed by atoms with Crippen LogP contribution in [0.3, 0.4) is 0 Å². The molecule has 168 valence electrons. The number of aryl methyl sites for hydroxylation is 2. The van der Waals surface area contributed by atoms with Gasteiger partial charge in [0.05, 0.1) is 29.0 Å². The van der Waals surface area contributed by atoms with Crippen LogP contribution in [0.15, 0.2) is 61.1 Å². The Balaban J connectivity index is 1.55. The molecule has 4 aromatic heterocycles. The summed E-state index contributed by atoms with van der Waals surface area (Å²) >= 11 is 0. The molecule has 34 heavy (non-hydrogen) atoms. The molecule has 0 aliphatic rings. The minimum absolute atomic E-state index is 0.290. The smallest absolute Gasteiger partial charge is 0.163 e. The number of benzene rings is 1. The Kier molecular flexibility index (Phi) is 5.28. The van der Waals surface area contributed by atoms with Gasteiger partial charge in [0, 0.05) is 22.6 Å². The van der Waals surface area contributed by atoms with Crippen molar-refractivity contribution in [3.8, 4) is 17.7 Å². The van der Waals surface area contributed by atoms with E-state index in [2.05, 4.69) is 26.5 Å². The predicted octanol–water partition coefficient (Wildman–Crippen LogP) is 4.29. The van der Waals surface area contributed by atoms with Crippen molar-refractivity contribution in [2.45, 2.75) is 26.9 Å². The summed E-state index contributed by atoms with van der Waals surface area (Å²) in [5.74, 6) is 1.09. The maximum Gasteiger partial charge on any atom is 0.163 e. The van der Waals surface area contributed by atoms with Gasteiger partial charge < -0.3 is 10.4 Å². The Morgan fingerprint density at radius 3 is 2.56 bits per heavy atom. The molecule has 0 amide bonds. The second-order valence-electron chi connectivity index (χ2n) is 8.08. The molecule has 0 saturated heterocycles. The fraction of sp³-hybridized carbons (Fsp3) is 0.160. The van der Waals surface area contributed by atoms with Crippen LogP contribution in [0.2, 0.25) is 0 Å². The van der Waals surface area contributed by atoms with Crippen LogP contribution in [0.4, 0.5) is 11.4 Å². The zero-order valence-corrected chi connectivity index (χ0v) is 18.9. The van der Waals surface area contributed by atoms with Gasteiger partial charge in [-0.2, -0.15) is 10.4 Å². The highest BCUT2D eigenvalue weighted by molar-refractivity contribution is 5.82. The maximum atomic E-state index is 10.3. The van der Waals surface area contributed by atoms with Crippen LogP contribution in [-0.4, -0.2) is 34.4 Å². The molecule has 0 aliphatic carbocycles. The number of rotatable bonds is 5. The molecule has 0 fully saturated rings. The van der Waals surface area contributed by atoms with Crippen LogP contribution in [0, 0.1) is 25.2 Å². The first-order valence-corrected chi connectivity index (χ1v) is 10.8. The van der Waals surface area contributed by atoms with E-state index in [0.29, 0.717) is 17.2 Å². The highest BCUT2D eigenvalue weighted by atomic mass is 16.3. The molecule has 0 saturated carbocycles. The Morgan fingerprint density at radius 2 is 1.85 bits per heavy atom. The lowest BCUT2D eigenvalue weighted by Crippen LogP contribution is -2.10. The Bertz CT molecular complexity index is 1540. The lowest BCUT2D eigenvalue weighted by molar-refractivity contribution is 0.198. The van der Waals surface area contributed by atoms with E-state index >= 15 is 0 Å². The van der Waals surface area contributed by atoms with Gasteiger partial charge in [-0.05, 0) is 69.3 Å². The number of hydrogen-bond acceptors (Lipinski definition) is 7. The number of aromatic nitrogens is 6. The molecular weight excluding hydrogens is 428 g/mol. The van der Waals surface area contributed by atoms with Crippen molar-refractivity contribution >= 4 is 22.4 Å². The number of fused-ring (bicyclic) bond motifs is 1. The molecule has 4 heterocycles. The first kappa shape index (κ1) is 21.3. The van der Waals surface area contributed by atoms with E-state index in [0.717, 1.165) is 33.8 Å². The molecule has 0 aliphatic heterocycles. The molecule has 1 unspecified atom stereocenters. The highest BCUT2D eigenvalue weighted by Gasteiger charge is 2.17.